The molecule has 0 radical (unpaired) electrons. The Morgan fingerprint density at radius 1 is 0.960 bits per heavy atom. The number of ether oxygens (including phenoxy) is 1. The van der Waals surface area contributed by atoms with Gasteiger partial charge in [-0.1, -0.05) is 48.9 Å². The lowest BCUT2D eigenvalue weighted by atomic mass is 10.1. The smallest absolute Gasteiger partial charge is 0.258 e. The van der Waals surface area contributed by atoms with E-state index in [1.807, 2.05) is 30.3 Å². The third-order valence-electron chi connectivity index (χ3n) is 4.45. The van der Waals surface area contributed by atoms with E-state index in [1.165, 1.54) is 37.9 Å². The molecule has 0 aromatic heterocycles. The summed E-state index contributed by atoms with van der Waals surface area (Å²) in [6.45, 7) is 3.96. The van der Waals surface area contributed by atoms with Crippen LogP contribution in [-0.2, 0) is 17.9 Å². The van der Waals surface area contributed by atoms with Crippen molar-refractivity contribution in [2.75, 3.05) is 19.7 Å². The molecule has 0 spiro atoms. The van der Waals surface area contributed by atoms with Gasteiger partial charge in [0.25, 0.3) is 5.91 Å². The number of hydrogen-bond acceptors (Lipinski definition) is 3. The van der Waals surface area contributed by atoms with Gasteiger partial charge < -0.3 is 10.1 Å². The fourth-order valence-electron chi connectivity index (χ4n) is 3.13. The molecule has 0 unspecified atom stereocenters. The number of hydrogen-bond donors (Lipinski definition) is 1. The second-order valence-corrected chi connectivity index (χ2v) is 6.54. The van der Waals surface area contributed by atoms with Crippen LogP contribution in [0.2, 0.25) is 0 Å². The van der Waals surface area contributed by atoms with Crippen molar-refractivity contribution >= 4 is 5.91 Å². The monoisotopic (exact) mass is 338 g/mol. The van der Waals surface area contributed by atoms with Gasteiger partial charge in [0, 0.05) is 13.1 Å². The molecule has 4 nitrogen and oxygen atoms in total. The van der Waals surface area contributed by atoms with Crippen molar-refractivity contribution < 1.29 is 9.53 Å². The number of piperidine rings is 1. The number of nitrogens with zero attached hydrogens (tertiary/aromatic N) is 1. The molecule has 0 saturated carbocycles. The Kier molecular flexibility index (Phi) is 6.46. The number of nitrogens with one attached hydrogen (secondary N) is 1. The fraction of sp³-hybridized carbons (Fsp3) is 0.381. The number of benzene rings is 2. The number of likely N-dealkylation sites (tertiary alicyclic amines) is 1. The van der Waals surface area contributed by atoms with Crippen molar-refractivity contribution in [2.24, 2.45) is 0 Å². The van der Waals surface area contributed by atoms with Crippen molar-refractivity contribution in [1.29, 1.82) is 0 Å². The zero-order valence-corrected chi connectivity index (χ0v) is 14.6. The van der Waals surface area contributed by atoms with Crippen LogP contribution in [0, 0.1) is 0 Å². The molecule has 2 aromatic rings. The zero-order valence-electron chi connectivity index (χ0n) is 14.6. The van der Waals surface area contributed by atoms with Gasteiger partial charge in [-0.3, -0.25) is 9.69 Å². The highest BCUT2D eigenvalue weighted by Gasteiger charge is 2.10. The minimum absolute atomic E-state index is 0.0392. The second kappa shape index (κ2) is 9.23. The predicted molar refractivity (Wildman–Crippen MR) is 99.4 cm³/mol. The summed E-state index contributed by atoms with van der Waals surface area (Å²) in [4.78, 5) is 14.5. The van der Waals surface area contributed by atoms with Gasteiger partial charge in [0.05, 0.1) is 0 Å². The van der Waals surface area contributed by atoms with Crippen molar-refractivity contribution in [1.82, 2.24) is 10.2 Å². The van der Waals surface area contributed by atoms with E-state index >= 15 is 0 Å². The Morgan fingerprint density at radius 3 is 2.52 bits per heavy atom. The summed E-state index contributed by atoms with van der Waals surface area (Å²) in [6, 6.07) is 17.9. The predicted octanol–water partition coefficient (Wildman–Crippen LogP) is 3.37. The largest absolute Gasteiger partial charge is 0.484 e. The van der Waals surface area contributed by atoms with Gasteiger partial charge in [-0.05, 0) is 49.2 Å². The molecule has 1 N–H and O–H groups in total. The summed E-state index contributed by atoms with van der Waals surface area (Å²) in [6.07, 6.45) is 3.96. The molecule has 0 atom stereocenters. The molecule has 1 aliphatic heterocycles. The SMILES string of the molecule is O=C(COc1ccccc1)NCc1cccc(CN2CCCCC2)c1. The van der Waals surface area contributed by atoms with Gasteiger partial charge >= 0.3 is 0 Å². The summed E-state index contributed by atoms with van der Waals surface area (Å²) in [5, 5.41) is 2.92. The Morgan fingerprint density at radius 2 is 1.72 bits per heavy atom. The number of carbonyl (C=O) groups excluding carboxylic acids is 1. The van der Waals surface area contributed by atoms with E-state index in [9.17, 15) is 4.79 Å². The lowest BCUT2D eigenvalue weighted by Gasteiger charge is -2.26. The summed E-state index contributed by atoms with van der Waals surface area (Å²) >= 11 is 0. The molecule has 1 saturated heterocycles. The summed E-state index contributed by atoms with van der Waals surface area (Å²) < 4.78 is 5.46. The minimum atomic E-state index is -0.106. The average Bonchev–Trinajstić information content (AvgIpc) is 2.67. The van der Waals surface area contributed by atoms with Gasteiger partial charge in [0.1, 0.15) is 5.75 Å². The molecule has 0 aliphatic carbocycles. The molecule has 2 aromatic carbocycles. The minimum Gasteiger partial charge on any atom is -0.484 e. The Labute approximate surface area is 149 Å². The van der Waals surface area contributed by atoms with E-state index < -0.39 is 0 Å². The summed E-state index contributed by atoms with van der Waals surface area (Å²) in [5.74, 6) is 0.603. The number of amides is 1. The number of rotatable bonds is 7. The first-order valence-corrected chi connectivity index (χ1v) is 9.04. The average molecular weight is 338 g/mol. The van der Waals surface area contributed by atoms with Crippen molar-refractivity contribution in [2.45, 2.75) is 32.4 Å². The maximum absolute atomic E-state index is 11.9. The van der Waals surface area contributed by atoms with Crippen LogP contribution in [-0.4, -0.2) is 30.5 Å². The lowest BCUT2D eigenvalue weighted by molar-refractivity contribution is -0.123. The standard InChI is InChI=1S/C21H26N2O2/c24-21(17-25-20-10-3-1-4-11-20)22-15-18-8-7-9-19(14-18)16-23-12-5-2-6-13-23/h1,3-4,7-11,14H,2,5-6,12-13,15-17H2,(H,22,24). The van der Waals surface area contributed by atoms with Crippen LogP contribution in [0.5, 0.6) is 5.75 Å². The van der Waals surface area contributed by atoms with Gasteiger partial charge in [0.2, 0.25) is 0 Å². The van der Waals surface area contributed by atoms with Crippen molar-refractivity contribution in [3.8, 4) is 5.75 Å². The highest BCUT2D eigenvalue weighted by atomic mass is 16.5. The Hall–Kier alpha value is -2.33. The first kappa shape index (κ1) is 17.5. The lowest BCUT2D eigenvalue weighted by Crippen LogP contribution is -2.29. The quantitative estimate of drug-likeness (QED) is 0.842. The van der Waals surface area contributed by atoms with Gasteiger partial charge in [0.15, 0.2) is 6.61 Å². The van der Waals surface area contributed by atoms with Crippen molar-refractivity contribution in [3.05, 3.63) is 65.7 Å². The van der Waals surface area contributed by atoms with E-state index in [4.69, 9.17) is 4.74 Å². The number of para-hydroxylation sites is 1. The maximum Gasteiger partial charge on any atom is 0.258 e. The second-order valence-electron chi connectivity index (χ2n) is 6.54. The molecule has 132 valence electrons. The summed E-state index contributed by atoms with van der Waals surface area (Å²) in [7, 11) is 0. The van der Waals surface area contributed by atoms with Gasteiger partial charge in [-0.15, -0.1) is 0 Å². The van der Waals surface area contributed by atoms with Crippen LogP contribution in [0.1, 0.15) is 30.4 Å². The van der Waals surface area contributed by atoms with Gasteiger partial charge in [-0.25, -0.2) is 0 Å². The Bertz CT molecular complexity index is 667. The van der Waals surface area contributed by atoms with Crippen LogP contribution in [0.3, 0.4) is 0 Å². The third kappa shape index (κ3) is 5.91. The normalized spacial score (nSPS) is 14.9. The molecule has 3 rings (SSSR count). The zero-order chi connectivity index (χ0) is 17.3. The maximum atomic E-state index is 11.9. The molecular weight excluding hydrogens is 312 g/mol. The molecule has 4 heteroatoms. The molecule has 1 fully saturated rings. The first-order valence-electron chi connectivity index (χ1n) is 9.04. The molecule has 0 bridgehead atoms. The van der Waals surface area contributed by atoms with Crippen molar-refractivity contribution in [3.63, 3.8) is 0 Å². The van der Waals surface area contributed by atoms with Crippen LogP contribution < -0.4 is 10.1 Å². The highest BCUT2D eigenvalue weighted by molar-refractivity contribution is 5.77. The van der Waals surface area contributed by atoms with E-state index in [1.54, 1.807) is 0 Å². The highest BCUT2D eigenvalue weighted by Crippen LogP contribution is 2.14. The van der Waals surface area contributed by atoms with Gasteiger partial charge in [-0.2, -0.15) is 0 Å². The topological polar surface area (TPSA) is 41.6 Å². The van der Waals surface area contributed by atoms with Crippen LogP contribution in [0.4, 0.5) is 0 Å². The van der Waals surface area contributed by atoms with Crippen LogP contribution in [0.15, 0.2) is 54.6 Å². The molecule has 1 amide bonds. The molecule has 25 heavy (non-hydrogen) atoms. The van der Waals surface area contributed by atoms with Crippen LogP contribution in [0.25, 0.3) is 0 Å². The van der Waals surface area contributed by atoms with E-state index in [0.29, 0.717) is 12.3 Å². The van der Waals surface area contributed by atoms with E-state index in [2.05, 4.69) is 34.5 Å². The molecule has 1 heterocycles. The summed E-state index contributed by atoms with van der Waals surface area (Å²) in [5.41, 5.74) is 2.44. The van der Waals surface area contributed by atoms with Crippen LogP contribution >= 0.6 is 0 Å². The number of carbonyl (C=O) groups is 1. The molecule has 1 aliphatic rings. The first-order chi connectivity index (χ1) is 12.3. The third-order valence-corrected chi connectivity index (χ3v) is 4.45. The van der Waals surface area contributed by atoms with E-state index in [-0.39, 0.29) is 12.5 Å². The Balaban J connectivity index is 1.44. The fourth-order valence-corrected chi connectivity index (χ4v) is 3.13. The molecular formula is C21H26N2O2. The van der Waals surface area contributed by atoms with E-state index in [0.717, 1.165) is 12.1 Å².